The summed E-state index contributed by atoms with van der Waals surface area (Å²) in [6, 6.07) is 11.9. The van der Waals surface area contributed by atoms with Gasteiger partial charge >= 0.3 is 0 Å². The van der Waals surface area contributed by atoms with Gasteiger partial charge in [0.25, 0.3) is 5.91 Å². The van der Waals surface area contributed by atoms with Crippen molar-refractivity contribution in [2.45, 2.75) is 6.61 Å². The van der Waals surface area contributed by atoms with Crippen molar-refractivity contribution in [3.63, 3.8) is 0 Å². The molecule has 2 rings (SSSR count). The van der Waals surface area contributed by atoms with Crippen molar-refractivity contribution in [3.8, 4) is 17.6 Å². The minimum absolute atomic E-state index is 0.148. The smallest absolute Gasteiger partial charge is 0.259 e. The van der Waals surface area contributed by atoms with Crippen LogP contribution in [0.2, 0.25) is 10.0 Å². The van der Waals surface area contributed by atoms with Gasteiger partial charge in [-0.1, -0.05) is 41.4 Å². The monoisotopic (exact) mass is 376 g/mol. The van der Waals surface area contributed by atoms with E-state index in [0.29, 0.717) is 27.1 Å². The number of amides is 1. The number of carbonyl (C=O) groups excluding carboxylic acids is 1. The van der Waals surface area contributed by atoms with Crippen LogP contribution < -0.4 is 15.2 Å². The Morgan fingerprint density at radius 3 is 2.68 bits per heavy atom. The maximum Gasteiger partial charge on any atom is 0.259 e. The van der Waals surface area contributed by atoms with E-state index >= 15 is 0 Å². The average Bonchev–Trinajstić information content (AvgIpc) is 2.58. The number of para-hydroxylation sites is 1. The molecule has 2 N–H and O–H groups in total. The van der Waals surface area contributed by atoms with E-state index in [1.165, 1.54) is 13.2 Å². The molecule has 7 heteroatoms. The minimum atomic E-state index is -0.822. The van der Waals surface area contributed by atoms with E-state index in [2.05, 4.69) is 0 Å². The van der Waals surface area contributed by atoms with Gasteiger partial charge < -0.3 is 15.2 Å². The molecule has 0 aromatic heterocycles. The molecule has 25 heavy (non-hydrogen) atoms. The quantitative estimate of drug-likeness (QED) is 0.610. The van der Waals surface area contributed by atoms with Crippen LogP contribution in [-0.4, -0.2) is 13.0 Å². The van der Waals surface area contributed by atoms with Crippen LogP contribution in [-0.2, 0) is 11.4 Å². The van der Waals surface area contributed by atoms with Gasteiger partial charge in [-0.15, -0.1) is 0 Å². The molecule has 2 aromatic carbocycles. The van der Waals surface area contributed by atoms with E-state index in [4.69, 9.17) is 43.7 Å². The second-order valence-electron chi connectivity index (χ2n) is 4.94. The topological polar surface area (TPSA) is 85.3 Å². The first-order valence-corrected chi connectivity index (χ1v) is 7.87. The summed E-state index contributed by atoms with van der Waals surface area (Å²) in [5.74, 6) is -0.0115. The van der Waals surface area contributed by atoms with Gasteiger partial charge in [-0.2, -0.15) is 5.26 Å². The van der Waals surface area contributed by atoms with E-state index in [1.807, 2.05) is 0 Å². The fourth-order valence-corrected chi connectivity index (χ4v) is 2.53. The highest BCUT2D eigenvalue weighted by Crippen LogP contribution is 2.34. The number of nitrogens with two attached hydrogens (primary N) is 1. The zero-order valence-corrected chi connectivity index (χ0v) is 14.8. The molecule has 0 spiro atoms. The average molecular weight is 377 g/mol. The first kappa shape index (κ1) is 18.7. The second-order valence-corrected chi connectivity index (χ2v) is 5.78. The molecule has 0 atom stereocenters. The molecular weight excluding hydrogens is 363 g/mol. The summed E-state index contributed by atoms with van der Waals surface area (Å²) in [5.41, 5.74) is 6.20. The molecule has 2 aromatic rings. The molecule has 0 unspecified atom stereocenters. The maximum atomic E-state index is 11.3. The Morgan fingerprint density at radius 1 is 1.32 bits per heavy atom. The van der Waals surface area contributed by atoms with Crippen molar-refractivity contribution in [1.82, 2.24) is 0 Å². The summed E-state index contributed by atoms with van der Waals surface area (Å²) >= 11 is 12.0. The number of benzene rings is 2. The lowest BCUT2D eigenvalue weighted by atomic mass is 10.1. The number of carbonyl (C=O) groups is 1. The number of halogens is 2. The van der Waals surface area contributed by atoms with Gasteiger partial charge in [-0.25, -0.2) is 0 Å². The fourth-order valence-electron chi connectivity index (χ4n) is 2.06. The number of hydrogen-bond donors (Lipinski definition) is 1. The molecule has 0 aliphatic carbocycles. The van der Waals surface area contributed by atoms with Crippen molar-refractivity contribution in [3.05, 3.63) is 63.1 Å². The Kier molecular flexibility index (Phi) is 6.29. The maximum absolute atomic E-state index is 11.3. The molecule has 5 nitrogen and oxygen atoms in total. The Morgan fingerprint density at radius 2 is 2.08 bits per heavy atom. The van der Waals surface area contributed by atoms with Crippen LogP contribution in [0, 0.1) is 11.3 Å². The summed E-state index contributed by atoms with van der Waals surface area (Å²) in [7, 11) is 1.49. The largest absolute Gasteiger partial charge is 0.493 e. The van der Waals surface area contributed by atoms with Gasteiger partial charge in [0, 0.05) is 21.2 Å². The lowest BCUT2D eigenvalue weighted by Crippen LogP contribution is -2.12. The Labute approximate surface area is 155 Å². The molecule has 0 fully saturated rings. The van der Waals surface area contributed by atoms with E-state index in [1.54, 1.807) is 42.5 Å². The van der Waals surface area contributed by atoms with Crippen molar-refractivity contribution >= 4 is 35.2 Å². The molecule has 128 valence electrons. The second kappa shape index (κ2) is 8.43. The van der Waals surface area contributed by atoms with Gasteiger partial charge in [0.2, 0.25) is 0 Å². The highest BCUT2D eigenvalue weighted by Gasteiger charge is 2.13. The summed E-state index contributed by atoms with van der Waals surface area (Å²) < 4.78 is 11.1. The van der Waals surface area contributed by atoms with Gasteiger partial charge in [-0.3, -0.25) is 4.79 Å². The molecule has 0 bridgehead atoms. The van der Waals surface area contributed by atoms with Crippen LogP contribution in [0.5, 0.6) is 11.5 Å². The van der Waals surface area contributed by atoms with Crippen molar-refractivity contribution in [1.29, 1.82) is 5.26 Å². The molecule has 0 saturated carbocycles. The predicted octanol–water partition coefficient (Wildman–Crippen LogP) is 3.97. The predicted molar refractivity (Wildman–Crippen MR) is 96.6 cm³/mol. The number of hydrogen-bond acceptors (Lipinski definition) is 4. The standard InChI is InChI=1S/C18H14Cl2N2O3/c1-24-16-4-2-3-11(7-13(9-21)18(22)23)17(16)25-10-12-5-6-14(19)8-15(12)20/h2-8H,10H2,1H3,(H2,22,23)/b13-7-. The lowest BCUT2D eigenvalue weighted by molar-refractivity contribution is -0.114. The first-order chi connectivity index (χ1) is 12.0. The number of methoxy groups -OCH3 is 1. The molecule has 0 heterocycles. The Balaban J connectivity index is 2.39. The highest BCUT2D eigenvalue weighted by molar-refractivity contribution is 6.35. The van der Waals surface area contributed by atoms with Crippen LogP contribution in [0.15, 0.2) is 42.0 Å². The SMILES string of the molecule is COc1cccc(/C=C(/C#N)C(N)=O)c1OCc1ccc(Cl)cc1Cl. The van der Waals surface area contributed by atoms with Gasteiger partial charge in [0.15, 0.2) is 11.5 Å². The number of rotatable bonds is 6. The zero-order valence-electron chi connectivity index (χ0n) is 13.3. The van der Waals surface area contributed by atoms with E-state index in [0.717, 1.165) is 5.56 Å². The first-order valence-electron chi connectivity index (χ1n) is 7.11. The van der Waals surface area contributed by atoms with Crippen molar-refractivity contribution < 1.29 is 14.3 Å². The Bertz CT molecular complexity index is 873. The van der Waals surface area contributed by atoms with Crippen LogP contribution >= 0.6 is 23.2 Å². The van der Waals surface area contributed by atoms with Crippen molar-refractivity contribution in [2.24, 2.45) is 5.73 Å². The zero-order chi connectivity index (χ0) is 18.4. The summed E-state index contributed by atoms with van der Waals surface area (Å²) in [6.45, 7) is 0.148. The van der Waals surface area contributed by atoms with Crippen LogP contribution in [0.3, 0.4) is 0 Å². The Hall–Kier alpha value is -2.68. The van der Waals surface area contributed by atoms with E-state index in [9.17, 15) is 4.79 Å². The summed E-state index contributed by atoms with van der Waals surface area (Å²) in [6.07, 6.45) is 1.35. The van der Waals surface area contributed by atoms with Crippen LogP contribution in [0.25, 0.3) is 6.08 Å². The van der Waals surface area contributed by atoms with E-state index < -0.39 is 5.91 Å². The highest BCUT2D eigenvalue weighted by atomic mass is 35.5. The van der Waals surface area contributed by atoms with E-state index in [-0.39, 0.29) is 12.2 Å². The van der Waals surface area contributed by atoms with Gasteiger partial charge in [0.1, 0.15) is 18.2 Å². The summed E-state index contributed by atoms with van der Waals surface area (Å²) in [4.78, 5) is 11.3. The fraction of sp³-hybridized carbons (Fsp3) is 0.111. The molecule has 0 saturated heterocycles. The number of ether oxygens (including phenoxy) is 2. The number of nitriles is 1. The molecule has 0 aliphatic heterocycles. The normalized spacial score (nSPS) is 10.9. The van der Waals surface area contributed by atoms with Crippen LogP contribution in [0.1, 0.15) is 11.1 Å². The third kappa shape index (κ3) is 4.66. The lowest BCUT2D eigenvalue weighted by Gasteiger charge is -2.14. The number of nitrogens with zero attached hydrogens (tertiary/aromatic N) is 1. The van der Waals surface area contributed by atoms with Gasteiger partial charge in [0.05, 0.1) is 7.11 Å². The molecular formula is C18H14Cl2N2O3. The molecule has 0 aliphatic rings. The van der Waals surface area contributed by atoms with Crippen molar-refractivity contribution in [2.75, 3.05) is 7.11 Å². The van der Waals surface area contributed by atoms with Crippen LogP contribution in [0.4, 0.5) is 0 Å². The third-order valence-corrected chi connectivity index (χ3v) is 3.89. The number of primary amides is 1. The molecule has 0 radical (unpaired) electrons. The minimum Gasteiger partial charge on any atom is -0.493 e. The summed E-state index contributed by atoms with van der Waals surface area (Å²) in [5, 5.41) is 10.0. The van der Waals surface area contributed by atoms with Gasteiger partial charge in [-0.05, 0) is 24.3 Å². The molecule has 1 amide bonds. The third-order valence-electron chi connectivity index (χ3n) is 3.30.